The molecule has 3 nitrogen and oxygen atoms in total. The lowest BCUT2D eigenvalue weighted by molar-refractivity contribution is -0.113. The molecule has 0 unspecified atom stereocenters. The molecule has 1 aromatic rings. The number of nitrogens with one attached hydrogen (secondary N) is 1. The molecule has 94 valence electrons. The Morgan fingerprint density at radius 1 is 1.41 bits per heavy atom. The first-order valence-electron chi connectivity index (χ1n) is 5.47. The summed E-state index contributed by atoms with van der Waals surface area (Å²) in [5, 5.41) is 2.78. The molecule has 0 aromatic heterocycles. The summed E-state index contributed by atoms with van der Waals surface area (Å²) in [4.78, 5) is 11.4. The molecule has 0 saturated carbocycles. The monoisotopic (exact) mass is 253 g/mol. The first-order valence-corrected chi connectivity index (χ1v) is 6.11. The van der Waals surface area contributed by atoms with Gasteiger partial charge in [-0.25, -0.2) is 0 Å². The van der Waals surface area contributed by atoms with Crippen molar-refractivity contribution in [3.63, 3.8) is 0 Å². The van der Waals surface area contributed by atoms with Crippen molar-refractivity contribution < 1.29 is 9.53 Å². The van der Waals surface area contributed by atoms with Gasteiger partial charge in [-0.15, -0.1) is 0 Å². The minimum absolute atomic E-state index is 0.0344. The molecule has 0 aliphatic rings. The molecule has 4 heteroatoms. The van der Waals surface area contributed by atoms with E-state index in [9.17, 15) is 4.79 Å². The molecule has 0 spiro atoms. The van der Waals surface area contributed by atoms with Gasteiger partial charge in [-0.3, -0.25) is 4.79 Å². The predicted molar refractivity (Wildman–Crippen MR) is 74.2 cm³/mol. The molecule has 0 aliphatic heterocycles. The Hall–Kier alpha value is -1.16. The fraction of sp³-hybridized carbons (Fsp3) is 0.462. The normalized spacial score (nSPS) is 11.1. The zero-order valence-corrected chi connectivity index (χ0v) is 11.6. The second-order valence-corrected chi connectivity index (χ2v) is 5.19. The van der Waals surface area contributed by atoms with Crippen LogP contribution in [-0.2, 0) is 10.2 Å². The standard InChI is InChI=1S/C13H19NO2S/c1-13(2,3)9-5-6-11(16-4)10(7-9)14-12(15)8-17/h5-7,17H,8H2,1-4H3,(H,14,15). The predicted octanol–water partition coefficient (Wildman–Crippen LogP) is 2.86. The highest BCUT2D eigenvalue weighted by molar-refractivity contribution is 7.81. The van der Waals surface area contributed by atoms with Gasteiger partial charge in [0.05, 0.1) is 18.6 Å². The Labute approximate surface area is 108 Å². The summed E-state index contributed by atoms with van der Waals surface area (Å²) in [6.07, 6.45) is 0. The van der Waals surface area contributed by atoms with Crippen LogP contribution in [0, 0.1) is 0 Å². The summed E-state index contributed by atoms with van der Waals surface area (Å²) in [6, 6.07) is 5.82. The van der Waals surface area contributed by atoms with E-state index in [2.05, 4.69) is 38.7 Å². The number of anilines is 1. The molecule has 1 amide bonds. The van der Waals surface area contributed by atoms with E-state index in [1.54, 1.807) is 7.11 Å². The Morgan fingerprint density at radius 2 is 2.06 bits per heavy atom. The van der Waals surface area contributed by atoms with Gasteiger partial charge >= 0.3 is 0 Å². The number of carbonyl (C=O) groups excluding carboxylic acids is 1. The van der Waals surface area contributed by atoms with Gasteiger partial charge in [0.2, 0.25) is 5.91 Å². The average Bonchev–Trinajstić information content (AvgIpc) is 2.27. The van der Waals surface area contributed by atoms with Crippen LogP contribution in [0.25, 0.3) is 0 Å². The summed E-state index contributed by atoms with van der Waals surface area (Å²) >= 11 is 3.94. The van der Waals surface area contributed by atoms with Gasteiger partial charge in [0.25, 0.3) is 0 Å². The van der Waals surface area contributed by atoms with Gasteiger partial charge in [-0.05, 0) is 23.1 Å². The lowest BCUT2D eigenvalue weighted by Gasteiger charge is -2.21. The molecule has 0 radical (unpaired) electrons. The Bertz CT molecular complexity index is 410. The highest BCUT2D eigenvalue weighted by Gasteiger charge is 2.16. The number of hydrogen-bond donors (Lipinski definition) is 2. The minimum atomic E-state index is -0.141. The topological polar surface area (TPSA) is 38.3 Å². The number of benzene rings is 1. The SMILES string of the molecule is COc1ccc(C(C)(C)C)cc1NC(=O)CS. The number of amides is 1. The van der Waals surface area contributed by atoms with Crippen molar-refractivity contribution in [1.82, 2.24) is 0 Å². The average molecular weight is 253 g/mol. The van der Waals surface area contributed by atoms with Gasteiger partial charge in [0, 0.05) is 0 Å². The number of rotatable bonds is 3. The second-order valence-electron chi connectivity index (χ2n) is 4.87. The third kappa shape index (κ3) is 3.66. The van der Waals surface area contributed by atoms with E-state index in [0.717, 1.165) is 5.56 Å². The van der Waals surface area contributed by atoms with Crippen molar-refractivity contribution in [3.8, 4) is 5.75 Å². The molecule has 1 rings (SSSR count). The van der Waals surface area contributed by atoms with Crippen LogP contribution in [0.3, 0.4) is 0 Å². The molecule has 0 aliphatic carbocycles. The highest BCUT2D eigenvalue weighted by Crippen LogP contribution is 2.31. The van der Waals surface area contributed by atoms with Crippen LogP contribution in [0.2, 0.25) is 0 Å². The fourth-order valence-electron chi connectivity index (χ4n) is 1.46. The summed E-state index contributed by atoms with van der Waals surface area (Å²) in [6.45, 7) is 6.37. The molecule has 0 heterocycles. The van der Waals surface area contributed by atoms with Crippen molar-refractivity contribution in [2.75, 3.05) is 18.2 Å². The smallest absolute Gasteiger partial charge is 0.234 e. The largest absolute Gasteiger partial charge is 0.495 e. The van der Waals surface area contributed by atoms with Gasteiger partial charge in [0.1, 0.15) is 5.75 Å². The van der Waals surface area contributed by atoms with E-state index in [4.69, 9.17) is 4.74 Å². The van der Waals surface area contributed by atoms with Gasteiger partial charge in [-0.1, -0.05) is 26.8 Å². The van der Waals surface area contributed by atoms with Crippen LogP contribution in [0.4, 0.5) is 5.69 Å². The van der Waals surface area contributed by atoms with Crippen LogP contribution < -0.4 is 10.1 Å². The zero-order valence-electron chi connectivity index (χ0n) is 10.7. The third-order valence-electron chi connectivity index (χ3n) is 2.48. The quantitative estimate of drug-likeness (QED) is 0.813. The summed E-state index contributed by atoms with van der Waals surface area (Å²) in [5.74, 6) is 0.675. The highest BCUT2D eigenvalue weighted by atomic mass is 32.1. The number of thiol groups is 1. The van der Waals surface area contributed by atoms with E-state index in [0.29, 0.717) is 11.4 Å². The van der Waals surface area contributed by atoms with Crippen LogP contribution in [0.15, 0.2) is 18.2 Å². The number of carbonyl (C=O) groups is 1. The third-order valence-corrected chi connectivity index (χ3v) is 2.77. The van der Waals surface area contributed by atoms with Gasteiger partial charge in [0.15, 0.2) is 0 Å². The van der Waals surface area contributed by atoms with E-state index < -0.39 is 0 Å². The van der Waals surface area contributed by atoms with E-state index in [-0.39, 0.29) is 17.1 Å². The number of methoxy groups -OCH3 is 1. The van der Waals surface area contributed by atoms with Gasteiger partial charge in [-0.2, -0.15) is 12.6 Å². The Balaban J connectivity index is 3.11. The number of hydrogen-bond acceptors (Lipinski definition) is 3. The lowest BCUT2D eigenvalue weighted by atomic mass is 9.87. The van der Waals surface area contributed by atoms with Crippen LogP contribution in [0.5, 0.6) is 5.75 Å². The molecule has 1 N–H and O–H groups in total. The van der Waals surface area contributed by atoms with Crippen molar-refractivity contribution in [1.29, 1.82) is 0 Å². The Morgan fingerprint density at radius 3 is 2.53 bits per heavy atom. The molecule has 1 aromatic carbocycles. The molecule has 0 fully saturated rings. The summed E-state index contributed by atoms with van der Waals surface area (Å²) in [5.41, 5.74) is 1.87. The maximum atomic E-state index is 11.4. The first kappa shape index (κ1) is 13.9. The van der Waals surface area contributed by atoms with Gasteiger partial charge < -0.3 is 10.1 Å². The first-order chi connectivity index (χ1) is 7.88. The van der Waals surface area contributed by atoms with Crippen molar-refractivity contribution >= 4 is 24.2 Å². The fourth-order valence-corrected chi connectivity index (χ4v) is 1.54. The molecule has 0 saturated heterocycles. The van der Waals surface area contributed by atoms with Crippen molar-refractivity contribution in [2.24, 2.45) is 0 Å². The lowest BCUT2D eigenvalue weighted by Crippen LogP contribution is -2.16. The van der Waals surface area contributed by atoms with Crippen LogP contribution in [-0.4, -0.2) is 18.8 Å². The molecule has 0 bridgehead atoms. The molecular formula is C13H19NO2S. The second kappa shape index (κ2) is 5.45. The molecular weight excluding hydrogens is 234 g/mol. The van der Waals surface area contributed by atoms with Crippen LogP contribution >= 0.6 is 12.6 Å². The molecule has 17 heavy (non-hydrogen) atoms. The minimum Gasteiger partial charge on any atom is -0.495 e. The summed E-state index contributed by atoms with van der Waals surface area (Å²) < 4.78 is 5.22. The van der Waals surface area contributed by atoms with Crippen molar-refractivity contribution in [2.45, 2.75) is 26.2 Å². The van der Waals surface area contributed by atoms with Crippen molar-refractivity contribution in [3.05, 3.63) is 23.8 Å². The van der Waals surface area contributed by atoms with Crippen LogP contribution in [0.1, 0.15) is 26.3 Å². The van der Waals surface area contributed by atoms with E-state index >= 15 is 0 Å². The molecule has 0 atom stereocenters. The Kier molecular flexibility index (Phi) is 4.46. The zero-order chi connectivity index (χ0) is 13.1. The maximum Gasteiger partial charge on any atom is 0.234 e. The van der Waals surface area contributed by atoms with E-state index in [1.165, 1.54) is 0 Å². The summed E-state index contributed by atoms with van der Waals surface area (Å²) in [7, 11) is 1.59. The maximum absolute atomic E-state index is 11.4. The number of ether oxygens (including phenoxy) is 1. The van der Waals surface area contributed by atoms with E-state index in [1.807, 2.05) is 18.2 Å².